The number of rotatable bonds is 4. The molecule has 1 rings (SSSR count). The Morgan fingerprint density at radius 2 is 2.12 bits per heavy atom. The van der Waals surface area contributed by atoms with E-state index in [1.54, 1.807) is 26.0 Å². The van der Waals surface area contributed by atoms with E-state index in [-0.39, 0.29) is 28.5 Å². The first kappa shape index (κ1) is 14.2. The summed E-state index contributed by atoms with van der Waals surface area (Å²) in [6, 6.07) is 4.73. The van der Waals surface area contributed by atoms with E-state index >= 15 is 0 Å². The van der Waals surface area contributed by atoms with E-state index in [9.17, 15) is 9.59 Å². The van der Waals surface area contributed by atoms with Gasteiger partial charge >= 0.3 is 5.97 Å². The zero-order valence-corrected chi connectivity index (χ0v) is 11.8. The van der Waals surface area contributed by atoms with E-state index < -0.39 is 10.8 Å². The lowest BCUT2D eigenvalue weighted by atomic mass is 10.0. The highest BCUT2D eigenvalue weighted by molar-refractivity contribution is 9.10. The molecule has 0 bridgehead atoms. The van der Waals surface area contributed by atoms with Gasteiger partial charge < -0.3 is 4.74 Å². The summed E-state index contributed by atoms with van der Waals surface area (Å²) < 4.78 is 4.89. The minimum atomic E-state index is -0.536. The van der Waals surface area contributed by atoms with Crippen molar-refractivity contribution < 1.29 is 14.3 Å². The van der Waals surface area contributed by atoms with Crippen LogP contribution in [0.1, 0.15) is 34.6 Å². The molecule has 3 nitrogen and oxygen atoms in total. The molecule has 92 valence electrons. The molecule has 1 atom stereocenters. The number of esters is 1. The molecule has 0 aliphatic rings. The van der Waals surface area contributed by atoms with Gasteiger partial charge in [-0.25, -0.2) is 4.79 Å². The zero-order valence-electron chi connectivity index (χ0n) is 9.50. The van der Waals surface area contributed by atoms with Gasteiger partial charge in [-0.15, -0.1) is 0 Å². The van der Waals surface area contributed by atoms with Crippen molar-refractivity contribution >= 4 is 39.3 Å². The number of hydrogen-bond donors (Lipinski definition) is 0. The Balaban J connectivity index is 3.26. The van der Waals surface area contributed by atoms with E-state index in [2.05, 4.69) is 15.9 Å². The average Bonchev–Trinajstić information content (AvgIpc) is 2.28. The molecule has 0 aromatic heterocycles. The fraction of sp³-hybridized carbons (Fsp3) is 0.333. The van der Waals surface area contributed by atoms with Crippen molar-refractivity contribution in [3.05, 3.63) is 34.3 Å². The van der Waals surface area contributed by atoms with Gasteiger partial charge in [0.2, 0.25) is 0 Å². The largest absolute Gasteiger partial charge is 0.462 e. The highest BCUT2D eigenvalue weighted by Crippen LogP contribution is 2.24. The Hall–Kier alpha value is -0.870. The molecule has 0 N–H and O–H groups in total. The summed E-state index contributed by atoms with van der Waals surface area (Å²) in [6.45, 7) is 3.64. The Morgan fingerprint density at radius 1 is 1.47 bits per heavy atom. The number of Topliss-reactive ketones (excluding diaryl/α,β-unsaturated/α-hetero) is 1. The van der Waals surface area contributed by atoms with Crippen LogP contribution in [0.5, 0.6) is 0 Å². The molecule has 1 unspecified atom stereocenters. The van der Waals surface area contributed by atoms with Gasteiger partial charge in [0.05, 0.1) is 27.6 Å². The summed E-state index contributed by atoms with van der Waals surface area (Å²) in [5.74, 6) is -0.773. The smallest absolute Gasteiger partial charge is 0.338 e. The average molecular weight is 320 g/mol. The van der Waals surface area contributed by atoms with Crippen molar-refractivity contribution in [2.75, 3.05) is 6.61 Å². The lowest BCUT2D eigenvalue weighted by Crippen LogP contribution is -2.17. The molecule has 1 aromatic carbocycles. The van der Waals surface area contributed by atoms with Crippen LogP contribution in [0, 0.1) is 0 Å². The normalized spacial score (nSPS) is 12.0. The van der Waals surface area contributed by atoms with Crippen molar-refractivity contribution in [2.45, 2.75) is 18.7 Å². The lowest BCUT2D eigenvalue weighted by molar-refractivity contribution is 0.0523. The lowest BCUT2D eigenvalue weighted by Gasteiger charge is -2.10. The van der Waals surface area contributed by atoms with Gasteiger partial charge in [-0.2, -0.15) is 0 Å². The first-order chi connectivity index (χ1) is 7.99. The monoisotopic (exact) mass is 318 g/mol. The maximum absolute atomic E-state index is 12.0. The summed E-state index contributed by atoms with van der Waals surface area (Å²) in [5, 5.41) is 0.256. The van der Waals surface area contributed by atoms with E-state index in [0.29, 0.717) is 0 Å². The minimum absolute atomic E-state index is 0.204. The van der Waals surface area contributed by atoms with Crippen LogP contribution in [0.4, 0.5) is 0 Å². The predicted molar refractivity (Wildman–Crippen MR) is 70.1 cm³/mol. The number of ether oxygens (including phenoxy) is 1. The van der Waals surface area contributed by atoms with Crippen molar-refractivity contribution in [3.8, 4) is 0 Å². The van der Waals surface area contributed by atoms with E-state index in [4.69, 9.17) is 16.3 Å². The third-order valence-corrected chi connectivity index (χ3v) is 2.85. The molecular formula is C12H12BrClO3. The third kappa shape index (κ3) is 3.30. The molecule has 0 fully saturated rings. The second kappa shape index (κ2) is 6.17. The molecule has 0 heterocycles. The van der Waals surface area contributed by atoms with Crippen LogP contribution in [-0.4, -0.2) is 23.2 Å². The zero-order chi connectivity index (χ0) is 13.0. The molecule has 0 saturated carbocycles. The fourth-order valence-electron chi connectivity index (χ4n) is 1.35. The van der Waals surface area contributed by atoms with Gasteiger partial charge in [0, 0.05) is 0 Å². The summed E-state index contributed by atoms with van der Waals surface area (Å²) in [5.41, 5.74) is 0.410. The topological polar surface area (TPSA) is 43.4 Å². The molecule has 0 saturated heterocycles. The van der Waals surface area contributed by atoms with Crippen LogP contribution in [0.2, 0.25) is 5.02 Å². The van der Waals surface area contributed by atoms with Crippen LogP contribution in [0.15, 0.2) is 18.2 Å². The molecule has 0 aliphatic carbocycles. The van der Waals surface area contributed by atoms with Crippen molar-refractivity contribution in [1.82, 2.24) is 0 Å². The first-order valence-electron chi connectivity index (χ1n) is 5.13. The van der Waals surface area contributed by atoms with Gasteiger partial charge in [-0.05, 0) is 26.0 Å². The number of alkyl halides is 1. The van der Waals surface area contributed by atoms with Crippen LogP contribution < -0.4 is 0 Å². The number of carbonyl (C=O) groups excluding carboxylic acids is 2. The Bertz CT molecular complexity index is 443. The minimum Gasteiger partial charge on any atom is -0.462 e. The maximum Gasteiger partial charge on any atom is 0.338 e. The van der Waals surface area contributed by atoms with E-state index in [1.165, 1.54) is 6.07 Å². The predicted octanol–water partition coefficient (Wildman–Crippen LogP) is 3.48. The number of hydrogen-bond acceptors (Lipinski definition) is 3. The number of ketones is 1. The standard InChI is InChI=1S/C12H12BrClO3/c1-3-17-12(16)8-5-4-6-9(14)10(8)11(15)7(2)13/h4-7H,3H2,1-2H3. The van der Waals surface area contributed by atoms with Gasteiger partial charge in [0.15, 0.2) is 5.78 Å². The molecular weight excluding hydrogens is 307 g/mol. The van der Waals surface area contributed by atoms with Gasteiger partial charge in [-0.3, -0.25) is 4.79 Å². The number of carbonyl (C=O) groups is 2. The molecule has 17 heavy (non-hydrogen) atoms. The molecule has 0 aliphatic heterocycles. The SMILES string of the molecule is CCOC(=O)c1cccc(Cl)c1C(=O)C(C)Br. The van der Waals surface area contributed by atoms with E-state index in [0.717, 1.165) is 0 Å². The molecule has 0 spiro atoms. The highest BCUT2D eigenvalue weighted by atomic mass is 79.9. The summed E-state index contributed by atoms with van der Waals surface area (Å²) in [4.78, 5) is 23.2. The highest BCUT2D eigenvalue weighted by Gasteiger charge is 2.23. The van der Waals surface area contributed by atoms with Crippen LogP contribution >= 0.6 is 27.5 Å². The van der Waals surface area contributed by atoms with Crippen molar-refractivity contribution in [3.63, 3.8) is 0 Å². The van der Waals surface area contributed by atoms with Gasteiger partial charge in [0.1, 0.15) is 0 Å². The quantitative estimate of drug-likeness (QED) is 0.485. The fourth-order valence-corrected chi connectivity index (χ4v) is 1.85. The Labute approximate surface area is 113 Å². The van der Waals surface area contributed by atoms with E-state index in [1.807, 2.05) is 0 Å². The molecule has 0 amide bonds. The third-order valence-electron chi connectivity index (χ3n) is 2.12. The van der Waals surface area contributed by atoms with Crippen LogP contribution in [0.3, 0.4) is 0 Å². The van der Waals surface area contributed by atoms with Crippen molar-refractivity contribution in [1.29, 1.82) is 0 Å². The van der Waals surface area contributed by atoms with Crippen LogP contribution in [-0.2, 0) is 4.74 Å². The Kier molecular flexibility index (Phi) is 5.15. The number of halogens is 2. The summed E-state index contributed by atoms with van der Waals surface area (Å²) in [7, 11) is 0. The van der Waals surface area contributed by atoms with Gasteiger partial charge in [-0.1, -0.05) is 33.6 Å². The summed E-state index contributed by atoms with van der Waals surface area (Å²) in [6.07, 6.45) is 0. The molecule has 0 radical (unpaired) electrons. The molecule has 5 heteroatoms. The second-order valence-corrected chi connectivity index (χ2v) is 5.14. The van der Waals surface area contributed by atoms with Gasteiger partial charge in [0.25, 0.3) is 0 Å². The first-order valence-corrected chi connectivity index (χ1v) is 6.42. The molecule has 1 aromatic rings. The maximum atomic E-state index is 12.0. The summed E-state index contributed by atoms with van der Waals surface area (Å²) >= 11 is 9.14. The Morgan fingerprint density at radius 3 is 2.65 bits per heavy atom. The van der Waals surface area contributed by atoms with Crippen molar-refractivity contribution in [2.24, 2.45) is 0 Å². The number of benzene rings is 1. The second-order valence-electron chi connectivity index (χ2n) is 3.36. The van der Waals surface area contributed by atoms with Crippen LogP contribution in [0.25, 0.3) is 0 Å².